The maximum Gasteiger partial charge on any atom is 0.260 e. The van der Waals surface area contributed by atoms with E-state index in [9.17, 15) is 9.18 Å². The Balaban J connectivity index is 1.78. The summed E-state index contributed by atoms with van der Waals surface area (Å²) in [7, 11) is 0. The molecule has 0 radical (unpaired) electrons. The number of rotatable bonds is 6. The largest absolute Gasteiger partial charge is 0.351 e. The zero-order valence-corrected chi connectivity index (χ0v) is 17.9. The first kappa shape index (κ1) is 20.7. The molecule has 0 aliphatic heterocycles. The van der Waals surface area contributed by atoms with Crippen LogP contribution in [0.25, 0.3) is 0 Å². The molecule has 1 heterocycles. The van der Waals surface area contributed by atoms with Crippen LogP contribution in [0, 0.1) is 11.7 Å². The van der Waals surface area contributed by atoms with Crippen LogP contribution in [0.5, 0.6) is 0 Å². The molecule has 3 rings (SSSR count). The number of aromatic nitrogens is 2. The molecular formula is C21H26BrFN4O. The minimum Gasteiger partial charge on any atom is -0.351 e. The van der Waals surface area contributed by atoms with E-state index in [2.05, 4.69) is 38.1 Å². The van der Waals surface area contributed by atoms with Gasteiger partial charge in [-0.1, -0.05) is 25.3 Å². The third-order valence-electron chi connectivity index (χ3n) is 5.37. The second-order valence-corrected chi connectivity index (χ2v) is 8.01. The molecule has 1 aliphatic carbocycles. The number of carbonyl (C=O) groups excluding carboxylic acids is 1. The van der Waals surface area contributed by atoms with Gasteiger partial charge in [0.2, 0.25) is 5.95 Å². The fourth-order valence-electron chi connectivity index (χ4n) is 3.75. The average Bonchev–Trinajstić information content (AvgIpc) is 2.71. The smallest absolute Gasteiger partial charge is 0.260 e. The van der Waals surface area contributed by atoms with Crippen molar-refractivity contribution in [3.05, 3.63) is 46.3 Å². The van der Waals surface area contributed by atoms with Gasteiger partial charge >= 0.3 is 0 Å². The summed E-state index contributed by atoms with van der Waals surface area (Å²) in [5, 5.41) is 3.40. The first-order valence-electron chi connectivity index (χ1n) is 9.86. The van der Waals surface area contributed by atoms with Crippen LogP contribution in [0.1, 0.15) is 56.3 Å². The number of nitrogens with zero attached hydrogens (tertiary/aromatic N) is 3. The van der Waals surface area contributed by atoms with E-state index in [0.29, 0.717) is 24.2 Å². The van der Waals surface area contributed by atoms with Gasteiger partial charge in [-0.25, -0.2) is 9.37 Å². The Labute approximate surface area is 173 Å². The van der Waals surface area contributed by atoms with E-state index in [1.807, 2.05) is 6.92 Å². The number of carbonyl (C=O) groups is 1. The van der Waals surface area contributed by atoms with E-state index in [1.165, 1.54) is 49.1 Å². The molecule has 1 N–H and O–H groups in total. The fraction of sp³-hybridized carbons (Fsp3) is 0.476. The molecule has 2 aromatic rings. The molecule has 0 unspecified atom stereocenters. The normalized spacial score (nSPS) is 15.9. The van der Waals surface area contributed by atoms with Crippen LogP contribution in [0.15, 0.2) is 34.9 Å². The van der Waals surface area contributed by atoms with Gasteiger partial charge in [0.1, 0.15) is 11.6 Å². The van der Waals surface area contributed by atoms with E-state index in [1.54, 1.807) is 18.3 Å². The van der Waals surface area contributed by atoms with Gasteiger partial charge in [0.05, 0.1) is 10.0 Å². The topological polar surface area (TPSA) is 58.1 Å². The lowest BCUT2D eigenvalue weighted by Crippen LogP contribution is -2.33. The number of anilines is 2. The van der Waals surface area contributed by atoms with Crippen LogP contribution in [0.4, 0.5) is 16.2 Å². The van der Waals surface area contributed by atoms with Crippen molar-refractivity contribution in [2.45, 2.75) is 52.0 Å². The van der Waals surface area contributed by atoms with Gasteiger partial charge in [-0.15, -0.1) is 0 Å². The van der Waals surface area contributed by atoms with Gasteiger partial charge < -0.3 is 5.32 Å². The standard InChI is InChI=1S/C21H26BrFN4O/c1-3-27(20(28)16-10-7-11-17(23)19(16)22)18-12-13-24-21(26-18)25-14(2)15-8-5-4-6-9-15/h7,10-15H,3-6,8-9H2,1-2H3,(H,24,25,26)/t14-/m0/s1. The zero-order valence-electron chi connectivity index (χ0n) is 16.3. The molecule has 28 heavy (non-hydrogen) atoms. The van der Waals surface area contributed by atoms with E-state index in [0.717, 1.165) is 0 Å². The summed E-state index contributed by atoms with van der Waals surface area (Å²) in [6.45, 7) is 4.44. The van der Waals surface area contributed by atoms with Crippen molar-refractivity contribution in [1.29, 1.82) is 0 Å². The van der Waals surface area contributed by atoms with Crippen LogP contribution < -0.4 is 10.2 Å². The SMILES string of the molecule is CCN(C(=O)c1cccc(F)c1Br)c1ccnc(N[C@@H](C)C2CCCCC2)n1. The molecule has 0 saturated heterocycles. The minimum absolute atomic E-state index is 0.164. The Morgan fingerprint density at radius 3 is 2.79 bits per heavy atom. The van der Waals surface area contributed by atoms with Crippen molar-refractivity contribution in [2.24, 2.45) is 5.92 Å². The van der Waals surface area contributed by atoms with E-state index in [4.69, 9.17) is 0 Å². The van der Waals surface area contributed by atoms with Crippen molar-refractivity contribution in [3.8, 4) is 0 Å². The van der Waals surface area contributed by atoms with Crippen LogP contribution in [0.2, 0.25) is 0 Å². The van der Waals surface area contributed by atoms with Crippen LogP contribution >= 0.6 is 15.9 Å². The number of hydrogen-bond donors (Lipinski definition) is 1. The second-order valence-electron chi connectivity index (χ2n) is 7.22. The number of benzene rings is 1. The summed E-state index contributed by atoms with van der Waals surface area (Å²) >= 11 is 3.17. The van der Waals surface area contributed by atoms with E-state index >= 15 is 0 Å². The highest BCUT2D eigenvalue weighted by Crippen LogP contribution is 2.28. The third-order valence-corrected chi connectivity index (χ3v) is 6.18. The maximum atomic E-state index is 13.8. The van der Waals surface area contributed by atoms with Crippen LogP contribution in [-0.2, 0) is 0 Å². The van der Waals surface area contributed by atoms with E-state index < -0.39 is 5.82 Å². The number of halogens is 2. The zero-order chi connectivity index (χ0) is 20.1. The van der Waals surface area contributed by atoms with Gasteiger partial charge in [0.25, 0.3) is 5.91 Å². The molecule has 1 aromatic heterocycles. The maximum absolute atomic E-state index is 13.8. The summed E-state index contributed by atoms with van der Waals surface area (Å²) in [6.07, 6.45) is 7.96. The van der Waals surface area contributed by atoms with Crippen molar-refractivity contribution in [1.82, 2.24) is 9.97 Å². The van der Waals surface area contributed by atoms with Crippen molar-refractivity contribution in [3.63, 3.8) is 0 Å². The van der Waals surface area contributed by atoms with Crippen molar-refractivity contribution in [2.75, 3.05) is 16.8 Å². The molecule has 1 aromatic carbocycles. The Morgan fingerprint density at radius 2 is 2.07 bits per heavy atom. The monoisotopic (exact) mass is 448 g/mol. The molecule has 150 valence electrons. The molecule has 1 atom stereocenters. The van der Waals surface area contributed by atoms with Crippen molar-refractivity contribution >= 4 is 33.6 Å². The number of nitrogens with one attached hydrogen (secondary N) is 1. The summed E-state index contributed by atoms with van der Waals surface area (Å²) in [5.74, 6) is 0.859. The predicted molar refractivity (Wildman–Crippen MR) is 113 cm³/mol. The first-order chi connectivity index (χ1) is 13.5. The molecule has 1 aliphatic rings. The highest BCUT2D eigenvalue weighted by molar-refractivity contribution is 9.10. The average molecular weight is 449 g/mol. The summed E-state index contributed by atoms with van der Waals surface area (Å²) < 4.78 is 14.0. The Hall–Kier alpha value is -2.02. The molecule has 1 fully saturated rings. The molecule has 0 spiro atoms. The molecule has 0 bridgehead atoms. The highest BCUT2D eigenvalue weighted by Gasteiger charge is 2.23. The van der Waals surface area contributed by atoms with E-state index in [-0.39, 0.29) is 22.0 Å². The fourth-order valence-corrected chi connectivity index (χ4v) is 4.18. The first-order valence-corrected chi connectivity index (χ1v) is 10.7. The molecule has 5 nitrogen and oxygen atoms in total. The van der Waals surface area contributed by atoms with Gasteiger partial charge in [-0.05, 0) is 66.7 Å². The second kappa shape index (κ2) is 9.45. The Kier molecular flexibility index (Phi) is 6.99. The van der Waals surface area contributed by atoms with Gasteiger partial charge in [0.15, 0.2) is 0 Å². The highest BCUT2D eigenvalue weighted by atomic mass is 79.9. The third kappa shape index (κ3) is 4.69. The van der Waals surface area contributed by atoms with Gasteiger partial charge in [0, 0.05) is 18.8 Å². The minimum atomic E-state index is -0.465. The van der Waals surface area contributed by atoms with Crippen molar-refractivity contribution < 1.29 is 9.18 Å². The lowest BCUT2D eigenvalue weighted by molar-refractivity contribution is 0.0986. The molecular weight excluding hydrogens is 423 g/mol. The number of amides is 1. The lowest BCUT2D eigenvalue weighted by Gasteiger charge is -2.28. The van der Waals surface area contributed by atoms with Gasteiger partial charge in [-0.3, -0.25) is 9.69 Å². The molecule has 7 heteroatoms. The Morgan fingerprint density at radius 1 is 1.32 bits per heavy atom. The van der Waals surface area contributed by atoms with Crippen LogP contribution in [0.3, 0.4) is 0 Å². The Bertz CT molecular complexity index is 826. The summed E-state index contributed by atoms with van der Waals surface area (Å²) in [4.78, 5) is 23.4. The molecule has 1 amide bonds. The van der Waals surface area contributed by atoms with Gasteiger partial charge in [-0.2, -0.15) is 4.98 Å². The quantitative estimate of drug-likeness (QED) is 0.640. The summed E-state index contributed by atoms with van der Waals surface area (Å²) in [5.41, 5.74) is 0.269. The van der Waals surface area contributed by atoms with Crippen LogP contribution in [-0.4, -0.2) is 28.5 Å². The number of hydrogen-bond acceptors (Lipinski definition) is 4. The summed E-state index contributed by atoms with van der Waals surface area (Å²) in [6, 6.07) is 6.42. The lowest BCUT2D eigenvalue weighted by atomic mass is 9.85. The molecule has 1 saturated carbocycles. The predicted octanol–water partition coefficient (Wildman–Crippen LogP) is 5.43.